The van der Waals surface area contributed by atoms with Gasteiger partial charge in [0, 0.05) is 24.2 Å². The number of carbonyl (C=O) groups excluding carboxylic acids is 1. The number of benzene rings is 2. The number of para-hydroxylation sites is 1. The number of aromatic nitrogens is 2. The highest BCUT2D eigenvalue weighted by molar-refractivity contribution is 5.93. The predicted octanol–water partition coefficient (Wildman–Crippen LogP) is 3.58. The number of fused-ring (bicyclic) bond motifs is 1. The fraction of sp³-hybridized carbons (Fsp3) is 0.348. The molecule has 29 heavy (non-hydrogen) atoms. The molecule has 6 nitrogen and oxygen atoms in total. The Kier molecular flexibility index (Phi) is 5.34. The molecule has 2 heterocycles. The Morgan fingerprint density at radius 2 is 1.79 bits per heavy atom. The first-order valence-electron chi connectivity index (χ1n) is 10.1. The van der Waals surface area contributed by atoms with E-state index in [9.17, 15) is 9.59 Å². The largest absolute Gasteiger partial charge is 0.356 e. The second kappa shape index (κ2) is 8.07. The first kappa shape index (κ1) is 19.2. The van der Waals surface area contributed by atoms with E-state index in [2.05, 4.69) is 22.1 Å². The highest BCUT2D eigenvalue weighted by Gasteiger charge is 2.21. The summed E-state index contributed by atoms with van der Waals surface area (Å²) < 4.78 is 1.45. The van der Waals surface area contributed by atoms with Gasteiger partial charge in [-0.1, -0.05) is 36.8 Å². The number of anilines is 2. The number of piperidine rings is 1. The molecular formula is C23H26N4O2. The number of hydrogen-bond donors (Lipinski definition) is 1. The number of aryl methyl sites for hydroxylation is 1. The molecule has 0 saturated carbocycles. The number of nitrogens with zero attached hydrogens (tertiary/aromatic N) is 3. The molecule has 1 fully saturated rings. The van der Waals surface area contributed by atoms with E-state index in [1.54, 1.807) is 0 Å². The third kappa shape index (κ3) is 4.16. The van der Waals surface area contributed by atoms with Crippen molar-refractivity contribution in [3.8, 4) is 0 Å². The zero-order valence-electron chi connectivity index (χ0n) is 16.9. The van der Waals surface area contributed by atoms with E-state index in [4.69, 9.17) is 0 Å². The number of nitrogens with one attached hydrogen (secondary N) is 1. The highest BCUT2D eigenvalue weighted by atomic mass is 16.2. The van der Waals surface area contributed by atoms with Gasteiger partial charge in [0.2, 0.25) is 5.91 Å². The van der Waals surface area contributed by atoms with Crippen LogP contribution in [-0.4, -0.2) is 28.5 Å². The van der Waals surface area contributed by atoms with Gasteiger partial charge in [-0.05, 0) is 49.9 Å². The summed E-state index contributed by atoms with van der Waals surface area (Å²) in [5, 5.41) is 3.76. The number of rotatable bonds is 4. The Labute approximate surface area is 170 Å². The van der Waals surface area contributed by atoms with E-state index in [0.717, 1.165) is 48.2 Å². The van der Waals surface area contributed by atoms with Crippen molar-refractivity contribution in [2.75, 3.05) is 23.3 Å². The van der Waals surface area contributed by atoms with Crippen LogP contribution < -0.4 is 15.9 Å². The number of amides is 1. The Morgan fingerprint density at radius 3 is 2.52 bits per heavy atom. The summed E-state index contributed by atoms with van der Waals surface area (Å²) in [6.07, 6.45) is 2.19. The van der Waals surface area contributed by atoms with Crippen LogP contribution in [0.2, 0.25) is 0 Å². The standard InChI is InChI=1S/C23H26N4O2/c1-16-7-9-18(10-8-16)24-21(28)15-27-20-6-4-3-5-19(20)22(25-23(27)29)26-13-11-17(2)12-14-26/h3-10,17H,11-15H2,1-2H3,(H,24,28). The maximum atomic E-state index is 12.8. The summed E-state index contributed by atoms with van der Waals surface area (Å²) in [6, 6.07) is 15.3. The molecule has 150 valence electrons. The average Bonchev–Trinajstić information content (AvgIpc) is 2.72. The molecule has 1 saturated heterocycles. The quantitative estimate of drug-likeness (QED) is 0.739. The first-order chi connectivity index (χ1) is 14.0. The van der Waals surface area contributed by atoms with Crippen molar-refractivity contribution in [2.45, 2.75) is 33.2 Å². The Hall–Kier alpha value is -3.15. The molecule has 1 aromatic heterocycles. The maximum absolute atomic E-state index is 12.8. The molecule has 0 atom stereocenters. The topological polar surface area (TPSA) is 67.2 Å². The van der Waals surface area contributed by atoms with Gasteiger partial charge in [-0.2, -0.15) is 4.98 Å². The Morgan fingerprint density at radius 1 is 1.10 bits per heavy atom. The molecule has 0 bridgehead atoms. The van der Waals surface area contributed by atoms with Crippen molar-refractivity contribution >= 4 is 28.3 Å². The second-order valence-corrected chi connectivity index (χ2v) is 7.91. The van der Waals surface area contributed by atoms with Crippen LogP contribution in [0.15, 0.2) is 53.3 Å². The fourth-order valence-corrected chi connectivity index (χ4v) is 3.81. The second-order valence-electron chi connectivity index (χ2n) is 7.91. The van der Waals surface area contributed by atoms with Crippen LogP contribution in [0, 0.1) is 12.8 Å². The normalized spacial score (nSPS) is 14.9. The van der Waals surface area contributed by atoms with Gasteiger partial charge >= 0.3 is 5.69 Å². The summed E-state index contributed by atoms with van der Waals surface area (Å²) in [4.78, 5) is 32.0. The molecule has 1 aliphatic heterocycles. The Balaban J connectivity index is 1.64. The van der Waals surface area contributed by atoms with Gasteiger partial charge in [0.15, 0.2) is 0 Å². The predicted molar refractivity (Wildman–Crippen MR) is 116 cm³/mol. The molecule has 0 spiro atoms. The van der Waals surface area contributed by atoms with E-state index in [1.807, 2.05) is 55.5 Å². The molecule has 0 aliphatic carbocycles. The van der Waals surface area contributed by atoms with Gasteiger partial charge in [0.05, 0.1) is 5.52 Å². The smallest absolute Gasteiger partial charge is 0.350 e. The summed E-state index contributed by atoms with van der Waals surface area (Å²) in [5.41, 5.74) is 2.18. The van der Waals surface area contributed by atoms with Crippen molar-refractivity contribution in [1.29, 1.82) is 0 Å². The monoisotopic (exact) mass is 390 g/mol. The zero-order chi connectivity index (χ0) is 20.4. The summed E-state index contributed by atoms with van der Waals surface area (Å²) >= 11 is 0. The van der Waals surface area contributed by atoms with E-state index < -0.39 is 5.69 Å². The van der Waals surface area contributed by atoms with E-state index in [0.29, 0.717) is 11.6 Å². The van der Waals surface area contributed by atoms with Crippen LogP contribution in [0.1, 0.15) is 25.3 Å². The van der Waals surface area contributed by atoms with Crippen molar-refractivity contribution < 1.29 is 4.79 Å². The molecule has 4 rings (SSSR count). The molecule has 3 aromatic rings. The molecule has 1 N–H and O–H groups in total. The number of hydrogen-bond acceptors (Lipinski definition) is 4. The third-order valence-electron chi connectivity index (χ3n) is 5.59. The van der Waals surface area contributed by atoms with Crippen LogP contribution >= 0.6 is 0 Å². The fourth-order valence-electron chi connectivity index (χ4n) is 3.81. The molecule has 1 amide bonds. The molecule has 1 aliphatic rings. The van der Waals surface area contributed by atoms with Gasteiger partial charge in [-0.3, -0.25) is 9.36 Å². The van der Waals surface area contributed by atoms with Crippen LogP contribution in [0.5, 0.6) is 0 Å². The summed E-state index contributed by atoms with van der Waals surface area (Å²) in [5.74, 6) is 1.18. The Bertz CT molecular complexity index is 1080. The third-order valence-corrected chi connectivity index (χ3v) is 5.59. The molecule has 6 heteroatoms. The van der Waals surface area contributed by atoms with Crippen molar-refractivity contribution in [2.24, 2.45) is 5.92 Å². The summed E-state index contributed by atoms with van der Waals surface area (Å²) in [6.45, 7) is 5.98. The van der Waals surface area contributed by atoms with E-state index >= 15 is 0 Å². The minimum absolute atomic E-state index is 0.0719. The molecular weight excluding hydrogens is 364 g/mol. The lowest BCUT2D eigenvalue weighted by atomic mass is 9.99. The van der Waals surface area contributed by atoms with E-state index in [1.165, 1.54) is 4.57 Å². The van der Waals surface area contributed by atoms with Crippen molar-refractivity contribution in [1.82, 2.24) is 9.55 Å². The minimum atomic E-state index is -0.392. The number of carbonyl (C=O) groups is 1. The molecule has 0 unspecified atom stereocenters. The highest BCUT2D eigenvalue weighted by Crippen LogP contribution is 2.27. The first-order valence-corrected chi connectivity index (χ1v) is 10.1. The van der Waals surface area contributed by atoms with E-state index in [-0.39, 0.29) is 12.5 Å². The lowest BCUT2D eigenvalue weighted by molar-refractivity contribution is -0.116. The maximum Gasteiger partial charge on any atom is 0.350 e. The van der Waals surface area contributed by atoms with Crippen LogP contribution in [0.25, 0.3) is 10.9 Å². The van der Waals surface area contributed by atoms with Gasteiger partial charge in [-0.25, -0.2) is 4.79 Å². The molecule has 0 radical (unpaired) electrons. The molecule has 2 aromatic carbocycles. The van der Waals surface area contributed by atoms with Gasteiger partial charge < -0.3 is 10.2 Å². The van der Waals surface area contributed by atoms with Crippen molar-refractivity contribution in [3.63, 3.8) is 0 Å². The average molecular weight is 390 g/mol. The van der Waals surface area contributed by atoms with Crippen LogP contribution in [0.3, 0.4) is 0 Å². The van der Waals surface area contributed by atoms with Crippen LogP contribution in [-0.2, 0) is 11.3 Å². The zero-order valence-corrected chi connectivity index (χ0v) is 16.9. The van der Waals surface area contributed by atoms with Gasteiger partial charge in [0.1, 0.15) is 12.4 Å². The SMILES string of the molecule is Cc1ccc(NC(=O)Cn2c(=O)nc(N3CCC(C)CC3)c3ccccc32)cc1. The van der Waals surface area contributed by atoms with Crippen LogP contribution in [0.4, 0.5) is 11.5 Å². The minimum Gasteiger partial charge on any atom is -0.356 e. The van der Waals surface area contributed by atoms with Gasteiger partial charge in [-0.15, -0.1) is 0 Å². The lowest BCUT2D eigenvalue weighted by Gasteiger charge is -2.32. The van der Waals surface area contributed by atoms with Gasteiger partial charge in [0.25, 0.3) is 0 Å². The summed E-state index contributed by atoms with van der Waals surface area (Å²) in [7, 11) is 0. The lowest BCUT2D eigenvalue weighted by Crippen LogP contribution is -2.37. The van der Waals surface area contributed by atoms with Crippen molar-refractivity contribution in [3.05, 3.63) is 64.6 Å².